The van der Waals surface area contributed by atoms with Crippen LogP contribution in [-0.2, 0) is 7.05 Å². The maximum absolute atomic E-state index is 12.1. The summed E-state index contributed by atoms with van der Waals surface area (Å²) in [5, 5.41) is 4.00. The molecule has 0 aliphatic heterocycles. The molecule has 5 nitrogen and oxygen atoms in total. The number of benzene rings is 1. The Bertz CT molecular complexity index is 642. The molecular weight excluding hydrogens is 268 g/mol. The van der Waals surface area contributed by atoms with Crippen molar-refractivity contribution in [3.8, 4) is 5.75 Å². The van der Waals surface area contributed by atoms with Crippen LogP contribution in [0.4, 0.5) is 0 Å². The fourth-order valence-corrected chi connectivity index (χ4v) is 1.89. The zero-order valence-electron chi connectivity index (χ0n) is 12.4. The van der Waals surface area contributed by atoms with Gasteiger partial charge in [-0.1, -0.05) is 0 Å². The van der Waals surface area contributed by atoms with Crippen LogP contribution in [0.3, 0.4) is 0 Å². The first-order chi connectivity index (χ1) is 9.95. The quantitative estimate of drug-likeness (QED) is 0.605. The molecule has 0 fully saturated rings. The molecule has 21 heavy (non-hydrogen) atoms. The lowest BCUT2D eigenvalue weighted by Crippen LogP contribution is -2.10. The molecule has 0 spiro atoms. The van der Waals surface area contributed by atoms with Crippen LogP contribution >= 0.6 is 0 Å². The van der Waals surface area contributed by atoms with E-state index in [1.807, 2.05) is 13.8 Å². The van der Waals surface area contributed by atoms with E-state index in [1.54, 1.807) is 43.6 Å². The second-order valence-electron chi connectivity index (χ2n) is 5.09. The summed E-state index contributed by atoms with van der Waals surface area (Å²) in [5.74, 6) is 0.211. The molecule has 0 bridgehead atoms. The number of carbonyl (C=O) groups excluding carboxylic acids is 2. The number of nitrogens with zero attached hydrogens (tertiary/aromatic N) is 2. The van der Waals surface area contributed by atoms with Gasteiger partial charge in [0.2, 0.25) is 0 Å². The van der Waals surface area contributed by atoms with Crippen LogP contribution in [0.5, 0.6) is 5.75 Å². The van der Waals surface area contributed by atoms with Crippen LogP contribution in [0.2, 0.25) is 0 Å². The molecule has 0 amide bonds. The molecular formula is C16H18N2O3. The Morgan fingerprint density at radius 2 is 1.81 bits per heavy atom. The highest BCUT2D eigenvalue weighted by Gasteiger charge is 2.15. The van der Waals surface area contributed by atoms with Crippen molar-refractivity contribution in [2.24, 2.45) is 7.05 Å². The topological polar surface area (TPSA) is 61.2 Å². The fourth-order valence-electron chi connectivity index (χ4n) is 1.89. The number of ether oxygens (including phenoxy) is 1. The van der Waals surface area contributed by atoms with Gasteiger partial charge in [-0.05, 0) is 44.2 Å². The first-order valence-corrected chi connectivity index (χ1v) is 6.78. The molecule has 1 heterocycles. The molecule has 0 aliphatic carbocycles. The van der Waals surface area contributed by atoms with Crippen LogP contribution in [0.15, 0.2) is 36.5 Å². The molecule has 1 aromatic heterocycles. The van der Waals surface area contributed by atoms with Crippen LogP contribution in [-0.4, -0.2) is 27.5 Å². The summed E-state index contributed by atoms with van der Waals surface area (Å²) < 4.78 is 7.05. The monoisotopic (exact) mass is 286 g/mol. The van der Waals surface area contributed by atoms with Crippen molar-refractivity contribution in [1.82, 2.24) is 9.78 Å². The normalized spacial score (nSPS) is 10.7. The molecule has 0 saturated carbocycles. The van der Waals surface area contributed by atoms with Crippen molar-refractivity contribution in [1.29, 1.82) is 0 Å². The molecule has 1 aromatic carbocycles. The van der Waals surface area contributed by atoms with Crippen molar-refractivity contribution in [3.05, 3.63) is 47.8 Å². The zero-order valence-corrected chi connectivity index (χ0v) is 12.4. The van der Waals surface area contributed by atoms with Gasteiger partial charge in [-0.3, -0.25) is 14.3 Å². The van der Waals surface area contributed by atoms with Crippen molar-refractivity contribution < 1.29 is 14.3 Å². The molecule has 2 aromatic rings. The van der Waals surface area contributed by atoms with E-state index in [2.05, 4.69) is 5.10 Å². The summed E-state index contributed by atoms with van der Waals surface area (Å²) in [5.41, 5.74) is 0.806. The van der Waals surface area contributed by atoms with Gasteiger partial charge in [0.15, 0.2) is 11.6 Å². The smallest absolute Gasteiger partial charge is 0.190 e. The SMILES string of the molecule is CC(C)Oc1ccc(C(=O)CC(=O)c2ccn(C)n2)cc1. The van der Waals surface area contributed by atoms with Gasteiger partial charge >= 0.3 is 0 Å². The highest BCUT2D eigenvalue weighted by atomic mass is 16.5. The minimum Gasteiger partial charge on any atom is -0.491 e. The Balaban J connectivity index is 2.01. The number of hydrogen-bond donors (Lipinski definition) is 0. The van der Waals surface area contributed by atoms with Crippen molar-refractivity contribution in [3.63, 3.8) is 0 Å². The van der Waals surface area contributed by atoms with E-state index in [1.165, 1.54) is 4.68 Å². The molecule has 110 valence electrons. The van der Waals surface area contributed by atoms with Gasteiger partial charge in [-0.15, -0.1) is 0 Å². The highest BCUT2D eigenvalue weighted by Crippen LogP contribution is 2.15. The van der Waals surface area contributed by atoms with Crippen LogP contribution in [0.25, 0.3) is 0 Å². The maximum Gasteiger partial charge on any atom is 0.190 e. The van der Waals surface area contributed by atoms with Gasteiger partial charge < -0.3 is 4.74 Å². The van der Waals surface area contributed by atoms with Crippen molar-refractivity contribution in [2.45, 2.75) is 26.4 Å². The predicted molar refractivity (Wildman–Crippen MR) is 78.7 cm³/mol. The average molecular weight is 286 g/mol. The first kappa shape index (κ1) is 15.0. The highest BCUT2D eigenvalue weighted by molar-refractivity contribution is 6.12. The third kappa shape index (κ3) is 4.02. The predicted octanol–water partition coefficient (Wildman–Crippen LogP) is 2.66. The van der Waals surface area contributed by atoms with E-state index >= 15 is 0 Å². The minimum atomic E-state index is -0.275. The van der Waals surface area contributed by atoms with Gasteiger partial charge in [-0.2, -0.15) is 5.10 Å². The van der Waals surface area contributed by atoms with Crippen LogP contribution in [0, 0.1) is 0 Å². The number of ketones is 2. The number of hydrogen-bond acceptors (Lipinski definition) is 4. The molecule has 2 rings (SSSR count). The van der Waals surface area contributed by atoms with Crippen molar-refractivity contribution >= 4 is 11.6 Å². The lowest BCUT2D eigenvalue weighted by atomic mass is 10.0. The Kier molecular flexibility index (Phi) is 4.52. The molecule has 0 saturated heterocycles. The second-order valence-corrected chi connectivity index (χ2v) is 5.09. The zero-order chi connectivity index (χ0) is 15.4. The molecule has 0 unspecified atom stereocenters. The van der Waals surface area contributed by atoms with Crippen LogP contribution in [0.1, 0.15) is 41.1 Å². The number of aromatic nitrogens is 2. The van der Waals surface area contributed by atoms with Gasteiger partial charge in [0.25, 0.3) is 0 Å². The molecule has 5 heteroatoms. The summed E-state index contributed by atoms with van der Waals surface area (Å²) in [4.78, 5) is 24.0. The average Bonchev–Trinajstić information content (AvgIpc) is 2.85. The summed E-state index contributed by atoms with van der Waals surface area (Å²) in [6, 6.07) is 8.42. The summed E-state index contributed by atoms with van der Waals surface area (Å²) in [6.07, 6.45) is 1.58. The summed E-state index contributed by atoms with van der Waals surface area (Å²) in [6.45, 7) is 3.87. The number of rotatable bonds is 6. The van der Waals surface area contributed by atoms with E-state index in [0.717, 1.165) is 0 Å². The molecule has 0 radical (unpaired) electrons. The van der Waals surface area contributed by atoms with E-state index in [9.17, 15) is 9.59 Å². The number of Topliss-reactive ketones (excluding diaryl/α,β-unsaturated/α-hetero) is 2. The van der Waals surface area contributed by atoms with Gasteiger partial charge in [0, 0.05) is 18.8 Å². The van der Waals surface area contributed by atoms with E-state index in [4.69, 9.17) is 4.74 Å². The van der Waals surface area contributed by atoms with E-state index in [0.29, 0.717) is 17.0 Å². The summed E-state index contributed by atoms with van der Waals surface area (Å²) in [7, 11) is 1.73. The van der Waals surface area contributed by atoms with Gasteiger partial charge in [-0.25, -0.2) is 0 Å². The lowest BCUT2D eigenvalue weighted by molar-refractivity contribution is 0.0891. The minimum absolute atomic E-state index is 0.0808. The van der Waals surface area contributed by atoms with Crippen LogP contribution < -0.4 is 4.74 Å². The first-order valence-electron chi connectivity index (χ1n) is 6.78. The number of carbonyl (C=O) groups is 2. The van der Waals surface area contributed by atoms with Crippen molar-refractivity contribution in [2.75, 3.05) is 0 Å². The number of aryl methyl sites for hydroxylation is 1. The molecule has 0 atom stereocenters. The third-order valence-corrected chi connectivity index (χ3v) is 2.87. The lowest BCUT2D eigenvalue weighted by Gasteiger charge is -2.09. The van der Waals surface area contributed by atoms with E-state index < -0.39 is 0 Å². The Morgan fingerprint density at radius 3 is 2.33 bits per heavy atom. The summed E-state index contributed by atoms with van der Waals surface area (Å²) >= 11 is 0. The second kappa shape index (κ2) is 6.35. The maximum atomic E-state index is 12.1. The third-order valence-electron chi connectivity index (χ3n) is 2.87. The molecule has 0 N–H and O–H groups in total. The largest absolute Gasteiger partial charge is 0.491 e. The fraction of sp³-hybridized carbons (Fsp3) is 0.312. The van der Waals surface area contributed by atoms with E-state index in [-0.39, 0.29) is 24.1 Å². The van der Waals surface area contributed by atoms with Gasteiger partial charge in [0.1, 0.15) is 11.4 Å². The van der Waals surface area contributed by atoms with Gasteiger partial charge in [0.05, 0.1) is 12.5 Å². The molecule has 0 aliphatic rings. The Morgan fingerprint density at radius 1 is 1.14 bits per heavy atom. The Hall–Kier alpha value is -2.43. The standard InChI is InChI=1S/C16H18N2O3/c1-11(2)21-13-6-4-12(5-7-13)15(19)10-16(20)14-8-9-18(3)17-14/h4-9,11H,10H2,1-3H3. The Labute approximate surface area is 123 Å².